The number of imidazole rings is 1. The van der Waals surface area contributed by atoms with Gasteiger partial charge in [0.25, 0.3) is 0 Å². The van der Waals surface area contributed by atoms with E-state index in [9.17, 15) is 18.5 Å². The first-order chi connectivity index (χ1) is 11.8. The number of anilines is 2. The second kappa shape index (κ2) is 6.40. The maximum Gasteiger partial charge on any atom is 0.372 e. The van der Waals surface area contributed by atoms with Crippen LogP contribution in [0, 0.1) is 10.1 Å². The van der Waals surface area contributed by atoms with E-state index in [1.54, 1.807) is 48.7 Å². The van der Waals surface area contributed by atoms with Crippen LogP contribution in [-0.2, 0) is 16.6 Å². The quantitative estimate of drug-likeness (QED) is 0.513. The summed E-state index contributed by atoms with van der Waals surface area (Å²) in [6.45, 7) is 0.254. The lowest BCUT2D eigenvalue weighted by Crippen LogP contribution is -2.10. The third-order valence-electron chi connectivity index (χ3n) is 3.37. The summed E-state index contributed by atoms with van der Waals surface area (Å²) in [5, 5.41) is 14.3. The van der Waals surface area contributed by atoms with Crippen molar-refractivity contribution in [2.75, 3.05) is 16.3 Å². The van der Waals surface area contributed by atoms with E-state index in [0.717, 1.165) is 11.8 Å². The van der Waals surface area contributed by atoms with Crippen LogP contribution in [0.3, 0.4) is 0 Å². The standard InChI is InChI=1S/C15H15N5O4S/c1-25(23,24)18-12-6-4-5-11(9-12)10-16-14-15(20(21)22)19-8-3-2-7-13(19)17-14/h2-9,16,18H,10H2,1H3. The van der Waals surface area contributed by atoms with Gasteiger partial charge >= 0.3 is 5.82 Å². The fourth-order valence-corrected chi connectivity index (χ4v) is 2.98. The van der Waals surface area contributed by atoms with Crippen molar-refractivity contribution in [1.82, 2.24) is 9.38 Å². The van der Waals surface area contributed by atoms with E-state index >= 15 is 0 Å². The zero-order valence-electron chi connectivity index (χ0n) is 13.2. The number of fused-ring (bicyclic) bond motifs is 1. The summed E-state index contributed by atoms with van der Waals surface area (Å²) < 4.78 is 26.4. The lowest BCUT2D eigenvalue weighted by atomic mass is 10.2. The van der Waals surface area contributed by atoms with Crippen molar-refractivity contribution in [2.45, 2.75) is 6.54 Å². The van der Waals surface area contributed by atoms with Crippen molar-refractivity contribution in [3.05, 3.63) is 64.3 Å². The molecule has 25 heavy (non-hydrogen) atoms. The van der Waals surface area contributed by atoms with Crippen molar-refractivity contribution in [3.8, 4) is 0 Å². The van der Waals surface area contributed by atoms with E-state index in [1.165, 1.54) is 4.40 Å². The number of pyridine rings is 1. The molecule has 0 fully saturated rings. The summed E-state index contributed by atoms with van der Waals surface area (Å²) in [6.07, 6.45) is 2.64. The summed E-state index contributed by atoms with van der Waals surface area (Å²) in [6, 6.07) is 11.9. The van der Waals surface area contributed by atoms with E-state index in [4.69, 9.17) is 0 Å². The lowest BCUT2D eigenvalue weighted by Gasteiger charge is -2.07. The molecule has 0 aliphatic rings. The highest BCUT2D eigenvalue weighted by Crippen LogP contribution is 2.26. The van der Waals surface area contributed by atoms with E-state index < -0.39 is 14.9 Å². The molecule has 2 N–H and O–H groups in total. The third-order valence-corrected chi connectivity index (χ3v) is 3.97. The molecule has 10 heteroatoms. The number of sulfonamides is 1. The number of nitrogens with one attached hydrogen (secondary N) is 2. The fraction of sp³-hybridized carbons (Fsp3) is 0.133. The van der Waals surface area contributed by atoms with Gasteiger partial charge in [-0.2, -0.15) is 9.38 Å². The first kappa shape index (κ1) is 16.7. The molecule has 0 bridgehead atoms. The van der Waals surface area contributed by atoms with Gasteiger partial charge in [-0.25, -0.2) is 8.42 Å². The molecule has 3 aromatic rings. The Hall–Kier alpha value is -3.14. The molecule has 0 spiro atoms. The van der Waals surface area contributed by atoms with Gasteiger partial charge in [-0.1, -0.05) is 18.2 Å². The highest BCUT2D eigenvalue weighted by molar-refractivity contribution is 7.92. The normalized spacial score (nSPS) is 11.4. The van der Waals surface area contributed by atoms with Crippen LogP contribution in [0.2, 0.25) is 0 Å². The fourth-order valence-electron chi connectivity index (χ4n) is 2.42. The minimum atomic E-state index is -3.37. The number of hydrogen-bond donors (Lipinski definition) is 2. The number of rotatable bonds is 6. The summed E-state index contributed by atoms with van der Waals surface area (Å²) in [5.41, 5.74) is 1.63. The monoisotopic (exact) mass is 361 g/mol. The van der Waals surface area contributed by atoms with E-state index in [0.29, 0.717) is 11.3 Å². The van der Waals surface area contributed by atoms with Crippen LogP contribution in [-0.4, -0.2) is 29.0 Å². The van der Waals surface area contributed by atoms with Crippen LogP contribution < -0.4 is 10.0 Å². The van der Waals surface area contributed by atoms with Crippen molar-refractivity contribution < 1.29 is 13.3 Å². The van der Waals surface area contributed by atoms with Crippen LogP contribution in [0.1, 0.15) is 5.56 Å². The van der Waals surface area contributed by atoms with Gasteiger partial charge in [0.15, 0.2) is 0 Å². The SMILES string of the molecule is CS(=O)(=O)Nc1cccc(CNc2nc3ccccn3c2[N+](=O)[O-])c1. The molecule has 0 amide bonds. The van der Waals surface area contributed by atoms with Crippen LogP contribution in [0.15, 0.2) is 48.7 Å². The van der Waals surface area contributed by atoms with Gasteiger partial charge in [-0.3, -0.25) is 4.72 Å². The maximum absolute atomic E-state index is 11.3. The smallest absolute Gasteiger partial charge is 0.359 e. The Morgan fingerprint density at radius 2 is 2.04 bits per heavy atom. The molecule has 0 aliphatic carbocycles. The van der Waals surface area contributed by atoms with Crippen molar-refractivity contribution in [3.63, 3.8) is 0 Å². The third kappa shape index (κ3) is 3.86. The second-order valence-electron chi connectivity index (χ2n) is 5.40. The Kier molecular flexibility index (Phi) is 4.28. The Morgan fingerprint density at radius 3 is 2.76 bits per heavy atom. The minimum absolute atomic E-state index is 0.151. The van der Waals surface area contributed by atoms with Crippen molar-refractivity contribution >= 4 is 33.0 Å². The number of nitro groups is 1. The molecule has 3 rings (SSSR count). The highest BCUT2D eigenvalue weighted by Gasteiger charge is 2.21. The molecule has 130 valence electrons. The Balaban J connectivity index is 1.85. The molecule has 9 nitrogen and oxygen atoms in total. The topological polar surface area (TPSA) is 119 Å². The van der Waals surface area contributed by atoms with Gasteiger partial charge in [-0.15, -0.1) is 0 Å². The molecule has 0 aliphatic heterocycles. The average molecular weight is 361 g/mol. The Morgan fingerprint density at radius 1 is 1.24 bits per heavy atom. The first-order valence-electron chi connectivity index (χ1n) is 7.25. The number of nitrogens with zero attached hydrogens (tertiary/aromatic N) is 3. The van der Waals surface area contributed by atoms with Crippen LogP contribution >= 0.6 is 0 Å². The molecule has 2 heterocycles. The Bertz CT molecular complexity index is 1050. The van der Waals surface area contributed by atoms with Crippen LogP contribution in [0.25, 0.3) is 5.65 Å². The summed E-state index contributed by atoms with van der Waals surface area (Å²) in [4.78, 5) is 15.1. The molecule has 0 atom stereocenters. The molecular formula is C15H15N5O4S. The summed E-state index contributed by atoms with van der Waals surface area (Å²) in [5.74, 6) is -0.00121. The summed E-state index contributed by atoms with van der Waals surface area (Å²) in [7, 11) is -3.37. The largest absolute Gasteiger partial charge is 0.372 e. The number of benzene rings is 1. The van der Waals surface area contributed by atoms with Crippen molar-refractivity contribution in [2.24, 2.45) is 0 Å². The minimum Gasteiger partial charge on any atom is -0.359 e. The van der Waals surface area contributed by atoms with Crippen LogP contribution in [0.5, 0.6) is 0 Å². The van der Waals surface area contributed by atoms with Gasteiger partial charge in [-0.05, 0) is 28.7 Å². The van der Waals surface area contributed by atoms with Gasteiger partial charge in [0, 0.05) is 18.3 Å². The lowest BCUT2D eigenvalue weighted by molar-refractivity contribution is -0.389. The predicted octanol–water partition coefficient (Wildman–Crippen LogP) is 2.23. The summed E-state index contributed by atoms with van der Waals surface area (Å²) >= 11 is 0. The molecule has 0 saturated heterocycles. The maximum atomic E-state index is 11.3. The number of hydrogen-bond acceptors (Lipinski definition) is 6. The zero-order chi connectivity index (χ0) is 18.0. The predicted molar refractivity (Wildman–Crippen MR) is 94.1 cm³/mol. The van der Waals surface area contributed by atoms with E-state index in [2.05, 4.69) is 15.0 Å². The molecule has 2 aromatic heterocycles. The second-order valence-corrected chi connectivity index (χ2v) is 7.15. The van der Waals surface area contributed by atoms with E-state index in [-0.39, 0.29) is 18.2 Å². The Labute approximate surface area is 143 Å². The molecule has 0 radical (unpaired) electrons. The highest BCUT2D eigenvalue weighted by atomic mass is 32.2. The molecule has 1 aromatic carbocycles. The van der Waals surface area contributed by atoms with E-state index in [1.807, 2.05) is 0 Å². The van der Waals surface area contributed by atoms with Gasteiger partial charge in [0.05, 0.1) is 12.5 Å². The number of aromatic nitrogens is 2. The first-order valence-corrected chi connectivity index (χ1v) is 9.15. The zero-order valence-corrected chi connectivity index (χ0v) is 14.0. The molecule has 0 unspecified atom stereocenters. The average Bonchev–Trinajstić information content (AvgIpc) is 2.90. The van der Waals surface area contributed by atoms with Crippen molar-refractivity contribution in [1.29, 1.82) is 0 Å². The van der Waals surface area contributed by atoms with Gasteiger partial charge in [0.2, 0.25) is 21.5 Å². The molecular weight excluding hydrogens is 346 g/mol. The van der Waals surface area contributed by atoms with Gasteiger partial charge < -0.3 is 15.4 Å². The molecule has 0 saturated carbocycles. The van der Waals surface area contributed by atoms with Gasteiger partial charge in [0.1, 0.15) is 0 Å². The van der Waals surface area contributed by atoms with Crippen LogP contribution in [0.4, 0.5) is 17.3 Å².